The molecule has 1 aromatic carbocycles. The lowest BCUT2D eigenvalue weighted by molar-refractivity contribution is 0.0531. The summed E-state index contributed by atoms with van der Waals surface area (Å²) in [5.41, 5.74) is 2.17. The number of amides is 1. The number of benzene rings is 1. The lowest BCUT2D eigenvalue weighted by Gasteiger charge is -2.01. The topological polar surface area (TPSA) is 92.1 Å². The molecule has 1 N–H and O–H groups in total. The van der Waals surface area contributed by atoms with Crippen LogP contribution in [0.25, 0.3) is 0 Å². The van der Waals surface area contributed by atoms with E-state index in [4.69, 9.17) is 4.74 Å². The second-order valence-electron chi connectivity index (χ2n) is 6.37. The van der Waals surface area contributed by atoms with E-state index >= 15 is 0 Å². The van der Waals surface area contributed by atoms with E-state index in [1.807, 2.05) is 6.07 Å². The van der Waals surface area contributed by atoms with Crippen LogP contribution >= 0.6 is 22.7 Å². The van der Waals surface area contributed by atoms with E-state index in [1.165, 1.54) is 23.5 Å². The summed E-state index contributed by atoms with van der Waals surface area (Å²) >= 11 is 2.26. The molecule has 0 bridgehead atoms. The number of halogens is 1. The third kappa shape index (κ3) is 4.56. The molecule has 0 aliphatic carbocycles. The van der Waals surface area contributed by atoms with Gasteiger partial charge >= 0.3 is 5.97 Å². The molecule has 154 valence electrons. The van der Waals surface area contributed by atoms with E-state index in [9.17, 15) is 19.2 Å². The van der Waals surface area contributed by atoms with Crippen molar-refractivity contribution in [1.29, 1.82) is 5.26 Å². The first kappa shape index (κ1) is 21.6. The first-order valence-corrected chi connectivity index (χ1v) is 10.7. The van der Waals surface area contributed by atoms with Gasteiger partial charge in [-0.2, -0.15) is 5.26 Å². The van der Waals surface area contributed by atoms with E-state index in [0.29, 0.717) is 32.4 Å². The predicted molar refractivity (Wildman–Crippen MR) is 114 cm³/mol. The third-order valence-electron chi connectivity index (χ3n) is 4.26. The summed E-state index contributed by atoms with van der Waals surface area (Å²) in [5, 5.41) is 13.2. The summed E-state index contributed by atoms with van der Waals surface area (Å²) in [5.74, 6) is -1.23. The molecule has 0 spiro atoms. The van der Waals surface area contributed by atoms with Gasteiger partial charge in [-0.1, -0.05) is 12.1 Å². The van der Waals surface area contributed by atoms with Crippen LogP contribution < -0.4 is 5.32 Å². The Hall–Kier alpha value is -3.09. The summed E-state index contributed by atoms with van der Waals surface area (Å²) < 4.78 is 18.1. The summed E-state index contributed by atoms with van der Waals surface area (Å²) in [6.45, 7) is 5.30. The third-order valence-corrected chi connectivity index (χ3v) is 6.61. The zero-order valence-corrected chi connectivity index (χ0v) is 18.2. The number of rotatable bonds is 6. The zero-order chi connectivity index (χ0) is 21.8. The van der Waals surface area contributed by atoms with Crippen molar-refractivity contribution in [1.82, 2.24) is 4.98 Å². The zero-order valence-electron chi connectivity index (χ0n) is 16.5. The van der Waals surface area contributed by atoms with Crippen LogP contribution in [0.1, 0.15) is 53.7 Å². The molecule has 30 heavy (non-hydrogen) atoms. The van der Waals surface area contributed by atoms with Crippen LogP contribution in [-0.2, 0) is 11.2 Å². The first-order valence-electron chi connectivity index (χ1n) is 9.06. The van der Waals surface area contributed by atoms with Crippen molar-refractivity contribution in [2.45, 2.75) is 27.2 Å². The van der Waals surface area contributed by atoms with E-state index in [2.05, 4.69) is 10.3 Å². The number of anilines is 1. The van der Waals surface area contributed by atoms with Gasteiger partial charge in [0, 0.05) is 6.42 Å². The maximum absolute atomic E-state index is 13.1. The molecule has 2 heterocycles. The lowest BCUT2D eigenvalue weighted by Crippen LogP contribution is -2.11. The number of thiophene rings is 1. The number of carbonyl (C=O) groups excluding carboxylic acids is 2. The number of aryl methyl sites for hydroxylation is 1. The number of nitrogens with one attached hydrogen (secondary N) is 1. The number of nitrogens with zero attached hydrogens (tertiary/aromatic N) is 2. The van der Waals surface area contributed by atoms with Gasteiger partial charge < -0.3 is 10.1 Å². The second-order valence-corrected chi connectivity index (χ2v) is 8.48. The van der Waals surface area contributed by atoms with E-state index < -0.39 is 11.9 Å². The van der Waals surface area contributed by atoms with Crippen molar-refractivity contribution >= 4 is 39.6 Å². The van der Waals surface area contributed by atoms with Gasteiger partial charge in [0.1, 0.15) is 26.6 Å². The Morgan fingerprint density at radius 3 is 2.53 bits per heavy atom. The molecule has 0 atom stereocenters. The fraction of sp³-hybridized carbons (Fsp3) is 0.238. The van der Waals surface area contributed by atoms with Crippen molar-refractivity contribution in [2.75, 3.05) is 11.9 Å². The van der Waals surface area contributed by atoms with Crippen molar-refractivity contribution in [3.8, 4) is 6.07 Å². The molecule has 0 aliphatic heterocycles. The highest BCUT2D eigenvalue weighted by molar-refractivity contribution is 7.18. The van der Waals surface area contributed by atoms with Gasteiger partial charge in [-0.3, -0.25) is 4.79 Å². The van der Waals surface area contributed by atoms with Crippen molar-refractivity contribution < 1.29 is 18.7 Å². The minimum Gasteiger partial charge on any atom is -0.462 e. The highest BCUT2D eigenvalue weighted by Gasteiger charge is 2.24. The fourth-order valence-electron chi connectivity index (χ4n) is 2.80. The van der Waals surface area contributed by atoms with Gasteiger partial charge in [-0.05, 0) is 44.0 Å². The Bertz CT molecular complexity index is 1140. The van der Waals surface area contributed by atoms with Crippen LogP contribution in [-0.4, -0.2) is 23.5 Å². The van der Waals surface area contributed by atoms with Crippen LogP contribution in [0.5, 0.6) is 0 Å². The SMILES string of the molecule is CCOC(=O)c1sc(NC(=O)c2sc(Cc3ccc(F)cc3)nc2C)c(C#N)c1C. The van der Waals surface area contributed by atoms with Crippen LogP contribution in [0, 0.1) is 31.0 Å². The average molecular weight is 444 g/mol. The Morgan fingerprint density at radius 1 is 1.20 bits per heavy atom. The summed E-state index contributed by atoms with van der Waals surface area (Å²) in [6.07, 6.45) is 0.480. The number of nitriles is 1. The summed E-state index contributed by atoms with van der Waals surface area (Å²) in [6, 6.07) is 8.16. The largest absolute Gasteiger partial charge is 0.462 e. The normalized spacial score (nSPS) is 10.5. The van der Waals surface area contributed by atoms with Crippen LogP contribution in [0.2, 0.25) is 0 Å². The molecule has 6 nitrogen and oxygen atoms in total. The minimum atomic E-state index is -0.521. The Kier molecular flexibility index (Phi) is 6.59. The smallest absolute Gasteiger partial charge is 0.348 e. The van der Waals surface area contributed by atoms with Crippen LogP contribution in [0.3, 0.4) is 0 Å². The maximum atomic E-state index is 13.1. The molecule has 9 heteroatoms. The molecule has 2 aromatic heterocycles. The first-order chi connectivity index (χ1) is 14.3. The number of esters is 1. The molecule has 0 radical (unpaired) electrons. The molecular formula is C21H18FN3O3S2. The van der Waals surface area contributed by atoms with Crippen molar-refractivity contribution in [3.63, 3.8) is 0 Å². The van der Waals surface area contributed by atoms with Gasteiger partial charge in [-0.15, -0.1) is 22.7 Å². The number of hydrogen-bond donors (Lipinski definition) is 1. The van der Waals surface area contributed by atoms with Crippen molar-refractivity contribution in [3.05, 3.63) is 67.2 Å². The van der Waals surface area contributed by atoms with Crippen LogP contribution in [0.4, 0.5) is 9.39 Å². The van der Waals surface area contributed by atoms with E-state index in [0.717, 1.165) is 21.9 Å². The number of hydrogen-bond acceptors (Lipinski definition) is 7. The molecule has 3 aromatic rings. The predicted octanol–water partition coefficient (Wildman–Crippen LogP) is 4.85. The van der Waals surface area contributed by atoms with Gasteiger partial charge in [0.2, 0.25) is 0 Å². The fourth-order valence-corrected chi connectivity index (χ4v) is 4.84. The Morgan fingerprint density at radius 2 is 1.90 bits per heavy atom. The number of thiazole rings is 1. The van der Waals surface area contributed by atoms with Crippen molar-refractivity contribution in [2.24, 2.45) is 0 Å². The van der Waals surface area contributed by atoms with E-state index in [1.54, 1.807) is 32.9 Å². The standard InChI is InChI=1S/C21H18FN3O3S2/c1-4-28-21(27)17-11(2)15(10-23)20(30-17)25-19(26)18-12(3)24-16(29-18)9-13-5-7-14(22)8-6-13/h5-8H,4,9H2,1-3H3,(H,25,26). The quantitative estimate of drug-likeness (QED) is 0.550. The molecular weight excluding hydrogens is 425 g/mol. The highest BCUT2D eigenvalue weighted by Crippen LogP contribution is 2.34. The number of carbonyl (C=O) groups is 2. The minimum absolute atomic E-state index is 0.219. The monoisotopic (exact) mass is 443 g/mol. The molecule has 0 aliphatic rings. The van der Waals surface area contributed by atoms with Gasteiger partial charge in [0.15, 0.2) is 0 Å². The van der Waals surface area contributed by atoms with Crippen LogP contribution in [0.15, 0.2) is 24.3 Å². The second kappa shape index (κ2) is 9.15. The molecule has 0 saturated heterocycles. The Balaban J connectivity index is 1.82. The molecule has 0 saturated carbocycles. The molecule has 0 unspecified atom stereocenters. The van der Waals surface area contributed by atoms with Gasteiger partial charge in [0.05, 0.1) is 22.9 Å². The van der Waals surface area contributed by atoms with Gasteiger partial charge in [-0.25, -0.2) is 14.2 Å². The molecule has 3 rings (SSSR count). The lowest BCUT2D eigenvalue weighted by atomic mass is 10.1. The summed E-state index contributed by atoms with van der Waals surface area (Å²) in [7, 11) is 0. The highest BCUT2D eigenvalue weighted by atomic mass is 32.1. The molecule has 1 amide bonds. The van der Waals surface area contributed by atoms with Gasteiger partial charge in [0.25, 0.3) is 5.91 Å². The van der Waals surface area contributed by atoms with E-state index in [-0.39, 0.29) is 18.0 Å². The maximum Gasteiger partial charge on any atom is 0.348 e. The number of ether oxygens (including phenoxy) is 1. The molecule has 0 fully saturated rings. The Labute approximate surface area is 181 Å². The average Bonchev–Trinajstić information content (AvgIpc) is 3.23. The summed E-state index contributed by atoms with van der Waals surface area (Å²) in [4.78, 5) is 30.1. The number of aromatic nitrogens is 1.